The molecule has 0 saturated heterocycles. The molecule has 0 fully saturated rings. The number of hydrogen-bond donors (Lipinski definition) is 2. The molecule has 0 spiro atoms. The molecule has 0 aliphatic carbocycles. The van der Waals surface area contributed by atoms with Gasteiger partial charge in [-0.25, -0.2) is 0 Å². The monoisotopic (exact) mass is 222 g/mol. The molecule has 1 aliphatic heterocycles. The Kier molecular flexibility index (Phi) is 3.24. The van der Waals surface area contributed by atoms with Crippen LogP contribution >= 0.6 is 0 Å². The molecule has 0 atom stereocenters. The Morgan fingerprint density at radius 3 is 3.12 bits per heavy atom. The summed E-state index contributed by atoms with van der Waals surface area (Å²) in [5, 5.41) is 7.58. The van der Waals surface area contributed by atoms with Crippen LogP contribution in [-0.4, -0.2) is 22.2 Å². The van der Waals surface area contributed by atoms with Crippen LogP contribution in [0.15, 0.2) is 0 Å². The molecule has 1 aromatic rings. The van der Waals surface area contributed by atoms with Crippen LogP contribution in [0, 0.1) is 0 Å². The smallest absolute Gasteiger partial charge is 0.269 e. The number of aromatic nitrogens is 2. The van der Waals surface area contributed by atoms with Gasteiger partial charge >= 0.3 is 0 Å². The van der Waals surface area contributed by atoms with Crippen molar-refractivity contribution in [2.24, 2.45) is 5.73 Å². The third-order valence-corrected chi connectivity index (χ3v) is 2.96. The second-order valence-corrected chi connectivity index (χ2v) is 4.14. The van der Waals surface area contributed by atoms with Crippen molar-refractivity contribution >= 4 is 5.91 Å². The lowest BCUT2D eigenvalue weighted by atomic mass is 10.1. The Hall–Kier alpha value is -1.36. The van der Waals surface area contributed by atoms with Gasteiger partial charge in [0.15, 0.2) is 5.69 Å². The fourth-order valence-corrected chi connectivity index (χ4v) is 2.11. The molecule has 88 valence electrons. The van der Waals surface area contributed by atoms with E-state index in [-0.39, 0.29) is 0 Å². The number of aryl methyl sites for hydroxylation is 1. The molecule has 0 bridgehead atoms. The topological polar surface area (TPSA) is 72.9 Å². The number of nitrogens with one attached hydrogen (secondary N) is 1. The first-order chi connectivity index (χ1) is 7.74. The van der Waals surface area contributed by atoms with Crippen molar-refractivity contribution in [3.05, 3.63) is 17.0 Å². The minimum atomic E-state index is -0.421. The number of nitrogens with zero attached hydrogens (tertiary/aromatic N) is 2. The second-order valence-electron chi connectivity index (χ2n) is 4.14. The lowest BCUT2D eigenvalue weighted by Gasteiger charge is -2.15. The Balaban J connectivity index is 2.34. The number of fused-ring (bicyclic) bond motifs is 1. The van der Waals surface area contributed by atoms with Crippen molar-refractivity contribution in [1.29, 1.82) is 0 Å². The molecule has 3 N–H and O–H groups in total. The summed E-state index contributed by atoms with van der Waals surface area (Å²) in [5.74, 6) is -0.421. The minimum absolute atomic E-state index is 0.421. The van der Waals surface area contributed by atoms with Gasteiger partial charge in [-0.15, -0.1) is 0 Å². The summed E-state index contributed by atoms with van der Waals surface area (Å²) < 4.78 is 1.96. The summed E-state index contributed by atoms with van der Waals surface area (Å²) in [6.07, 6.45) is 3.14. The molecule has 0 radical (unpaired) electrons. The molecule has 1 amide bonds. The largest absolute Gasteiger partial charge is 0.364 e. The lowest BCUT2D eigenvalue weighted by Crippen LogP contribution is -2.26. The predicted molar refractivity (Wildman–Crippen MR) is 61.1 cm³/mol. The van der Waals surface area contributed by atoms with Crippen LogP contribution in [0.25, 0.3) is 0 Å². The molecule has 2 rings (SSSR count). The Bertz CT molecular complexity index is 397. The maximum Gasteiger partial charge on any atom is 0.269 e. The number of unbranched alkanes of at least 4 members (excludes halogenated alkanes) is 1. The molecule has 0 unspecified atom stereocenters. The molecule has 0 saturated carbocycles. The first-order valence-corrected chi connectivity index (χ1v) is 5.83. The van der Waals surface area contributed by atoms with Gasteiger partial charge in [0.1, 0.15) is 0 Å². The van der Waals surface area contributed by atoms with Crippen molar-refractivity contribution in [1.82, 2.24) is 15.1 Å². The molecule has 16 heavy (non-hydrogen) atoms. The van der Waals surface area contributed by atoms with E-state index in [2.05, 4.69) is 17.3 Å². The SMILES string of the molecule is CCCCn1nc(C(N)=O)c2c1CCNC2. The standard InChI is InChI=1S/C11H18N4O/c1-2-3-6-15-9-4-5-13-7-8(9)10(14-15)11(12)16/h13H,2-7H2,1H3,(H2,12,16). The van der Waals surface area contributed by atoms with Gasteiger partial charge in [0.25, 0.3) is 5.91 Å². The van der Waals surface area contributed by atoms with E-state index in [4.69, 9.17) is 5.73 Å². The highest BCUT2D eigenvalue weighted by molar-refractivity contribution is 5.92. The average molecular weight is 222 g/mol. The summed E-state index contributed by atoms with van der Waals surface area (Å²) in [5.41, 5.74) is 7.96. The third-order valence-electron chi connectivity index (χ3n) is 2.96. The number of carbonyl (C=O) groups is 1. The lowest BCUT2D eigenvalue weighted by molar-refractivity contribution is 0.0993. The van der Waals surface area contributed by atoms with E-state index < -0.39 is 5.91 Å². The van der Waals surface area contributed by atoms with E-state index in [0.29, 0.717) is 12.2 Å². The molecule has 1 aliphatic rings. The Morgan fingerprint density at radius 1 is 1.62 bits per heavy atom. The highest BCUT2D eigenvalue weighted by Gasteiger charge is 2.22. The average Bonchev–Trinajstić information content (AvgIpc) is 2.65. The van der Waals surface area contributed by atoms with Gasteiger partial charge in [-0.3, -0.25) is 9.48 Å². The number of carbonyl (C=O) groups excluding carboxylic acids is 1. The van der Waals surface area contributed by atoms with Crippen LogP contribution in [0.4, 0.5) is 0 Å². The van der Waals surface area contributed by atoms with E-state index >= 15 is 0 Å². The normalized spacial score (nSPS) is 14.8. The zero-order valence-corrected chi connectivity index (χ0v) is 9.62. The van der Waals surface area contributed by atoms with E-state index in [9.17, 15) is 4.79 Å². The van der Waals surface area contributed by atoms with Crippen molar-refractivity contribution in [2.45, 2.75) is 39.3 Å². The minimum Gasteiger partial charge on any atom is -0.364 e. The predicted octanol–water partition coefficient (Wildman–Crippen LogP) is 0.428. The number of nitrogens with two attached hydrogens (primary N) is 1. The fourth-order valence-electron chi connectivity index (χ4n) is 2.11. The zero-order valence-electron chi connectivity index (χ0n) is 9.62. The van der Waals surface area contributed by atoms with Gasteiger partial charge in [-0.05, 0) is 6.42 Å². The van der Waals surface area contributed by atoms with Crippen LogP contribution < -0.4 is 11.1 Å². The van der Waals surface area contributed by atoms with Crippen LogP contribution in [0.5, 0.6) is 0 Å². The molecule has 5 nitrogen and oxygen atoms in total. The molecular formula is C11H18N4O. The van der Waals surface area contributed by atoms with E-state index in [1.54, 1.807) is 0 Å². The van der Waals surface area contributed by atoms with Crippen molar-refractivity contribution in [3.8, 4) is 0 Å². The van der Waals surface area contributed by atoms with Gasteiger partial charge < -0.3 is 11.1 Å². The van der Waals surface area contributed by atoms with Crippen LogP contribution in [0.2, 0.25) is 0 Å². The Morgan fingerprint density at radius 2 is 2.44 bits per heavy atom. The maximum absolute atomic E-state index is 11.3. The van der Waals surface area contributed by atoms with Gasteiger partial charge in [-0.1, -0.05) is 13.3 Å². The maximum atomic E-state index is 11.3. The highest BCUT2D eigenvalue weighted by Crippen LogP contribution is 2.18. The quantitative estimate of drug-likeness (QED) is 0.775. The highest BCUT2D eigenvalue weighted by atomic mass is 16.1. The first-order valence-electron chi connectivity index (χ1n) is 5.83. The van der Waals surface area contributed by atoms with Gasteiger partial charge in [0.05, 0.1) is 0 Å². The number of primary amides is 1. The van der Waals surface area contributed by atoms with Crippen LogP contribution in [-0.2, 0) is 19.5 Å². The summed E-state index contributed by atoms with van der Waals surface area (Å²) in [6, 6.07) is 0. The molecule has 5 heteroatoms. The van der Waals surface area contributed by atoms with E-state index in [1.165, 1.54) is 5.69 Å². The molecule has 2 heterocycles. The second kappa shape index (κ2) is 4.65. The molecular weight excluding hydrogens is 204 g/mol. The number of hydrogen-bond acceptors (Lipinski definition) is 3. The van der Waals surface area contributed by atoms with Gasteiger partial charge in [0, 0.05) is 37.3 Å². The van der Waals surface area contributed by atoms with Crippen LogP contribution in [0.3, 0.4) is 0 Å². The zero-order chi connectivity index (χ0) is 11.5. The summed E-state index contributed by atoms with van der Waals surface area (Å²) in [6.45, 7) is 4.68. The van der Waals surface area contributed by atoms with E-state index in [1.807, 2.05) is 4.68 Å². The van der Waals surface area contributed by atoms with Crippen LogP contribution in [0.1, 0.15) is 41.5 Å². The fraction of sp³-hybridized carbons (Fsp3) is 0.636. The first kappa shape index (κ1) is 11.1. The molecule has 1 aromatic heterocycles. The van der Waals surface area contributed by atoms with Crippen molar-refractivity contribution in [3.63, 3.8) is 0 Å². The van der Waals surface area contributed by atoms with Crippen molar-refractivity contribution < 1.29 is 4.79 Å². The van der Waals surface area contributed by atoms with Crippen molar-refractivity contribution in [2.75, 3.05) is 6.54 Å². The van der Waals surface area contributed by atoms with Gasteiger partial charge in [-0.2, -0.15) is 5.10 Å². The molecule has 0 aromatic carbocycles. The van der Waals surface area contributed by atoms with E-state index in [0.717, 1.165) is 37.9 Å². The van der Waals surface area contributed by atoms with Gasteiger partial charge in [0.2, 0.25) is 0 Å². The summed E-state index contributed by atoms with van der Waals surface area (Å²) in [7, 11) is 0. The summed E-state index contributed by atoms with van der Waals surface area (Å²) in [4.78, 5) is 11.3. The Labute approximate surface area is 95.0 Å². The third kappa shape index (κ3) is 1.95. The number of rotatable bonds is 4. The number of amides is 1. The summed E-state index contributed by atoms with van der Waals surface area (Å²) >= 11 is 0.